The van der Waals surface area contributed by atoms with E-state index < -0.39 is 6.04 Å². The fourth-order valence-electron chi connectivity index (χ4n) is 2.62. The van der Waals surface area contributed by atoms with Crippen molar-refractivity contribution in [2.45, 2.75) is 26.8 Å². The molecule has 144 valence electrons. The Hall–Kier alpha value is -1.89. The van der Waals surface area contributed by atoms with Crippen molar-refractivity contribution in [3.05, 3.63) is 23.8 Å². The molecule has 1 aliphatic heterocycles. The summed E-state index contributed by atoms with van der Waals surface area (Å²) in [7, 11) is 1.55. The van der Waals surface area contributed by atoms with Crippen molar-refractivity contribution in [2.24, 2.45) is 5.92 Å². The molecule has 0 radical (unpaired) electrons. The van der Waals surface area contributed by atoms with Gasteiger partial charge in [0.2, 0.25) is 0 Å². The normalized spacial score (nSPS) is 17.1. The van der Waals surface area contributed by atoms with Gasteiger partial charge in [0.1, 0.15) is 6.04 Å². The van der Waals surface area contributed by atoms with Gasteiger partial charge < -0.3 is 19.1 Å². The van der Waals surface area contributed by atoms with Gasteiger partial charge in [-0.25, -0.2) is 4.79 Å². The van der Waals surface area contributed by atoms with Crippen LogP contribution in [0.3, 0.4) is 0 Å². The smallest absolute Gasteiger partial charge is 0.329 e. The van der Waals surface area contributed by atoms with Crippen LogP contribution in [0.2, 0.25) is 0 Å². The van der Waals surface area contributed by atoms with Gasteiger partial charge in [-0.15, -0.1) is 0 Å². The molecular formula is C19H27NO5S. The van der Waals surface area contributed by atoms with Crippen LogP contribution in [-0.2, 0) is 9.53 Å². The minimum absolute atomic E-state index is 0.197. The highest BCUT2D eigenvalue weighted by molar-refractivity contribution is 7.99. The number of rotatable bonds is 7. The van der Waals surface area contributed by atoms with Gasteiger partial charge in [-0.1, -0.05) is 13.8 Å². The summed E-state index contributed by atoms with van der Waals surface area (Å²) in [5.41, 5.74) is 0.472. The fourth-order valence-corrected chi connectivity index (χ4v) is 3.65. The van der Waals surface area contributed by atoms with Crippen LogP contribution in [0.25, 0.3) is 0 Å². The predicted octanol–water partition coefficient (Wildman–Crippen LogP) is 2.85. The number of benzene rings is 1. The number of thioether (sulfide) groups is 1. The first-order valence-electron chi connectivity index (χ1n) is 8.84. The van der Waals surface area contributed by atoms with Crippen LogP contribution in [-0.4, -0.2) is 61.2 Å². The van der Waals surface area contributed by atoms with Crippen molar-refractivity contribution in [3.8, 4) is 11.5 Å². The standard InChI is InChI=1S/C19H27NO5S/c1-5-24-19(22)15-12-26-9-8-20(15)18(21)14-6-7-16(17(10-14)23-4)25-11-13(2)3/h6-7,10,13,15H,5,8-9,11-12H2,1-4H3. The Balaban J connectivity index is 2.20. The van der Waals surface area contributed by atoms with E-state index in [0.29, 0.717) is 48.5 Å². The zero-order valence-corrected chi connectivity index (χ0v) is 16.6. The average molecular weight is 381 g/mol. The minimum atomic E-state index is -0.552. The molecule has 1 heterocycles. The third kappa shape index (κ3) is 5.06. The Morgan fingerprint density at radius 2 is 2.08 bits per heavy atom. The highest BCUT2D eigenvalue weighted by Crippen LogP contribution is 2.30. The van der Waals surface area contributed by atoms with Crippen molar-refractivity contribution < 1.29 is 23.8 Å². The summed E-state index contributed by atoms with van der Waals surface area (Å²) in [5, 5.41) is 0. The number of carbonyl (C=O) groups excluding carboxylic acids is 2. The number of hydrogen-bond acceptors (Lipinski definition) is 6. The van der Waals surface area contributed by atoms with E-state index in [1.165, 1.54) is 0 Å². The zero-order chi connectivity index (χ0) is 19.1. The summed E-state index contributed by atoms with van der Waals surface area (Å²) in [5.74, 6) is 2.31. The third-order valence-electron chi connectivity index (χ3n) is 3.93. The predicted molar refractivity (Wildman–Crippen MR) is 102 cm³/mol. The monoisotopic (exact) mass is 381 g/mol. The first-order chi connectivity index (χ1) is 12.5. The van der Waals surface area contributed by atoms with Crippen LogP contribution in [0.1, 0.15) is 31.1 Å². The quantitative estimate of drug-likeness (QED) is 0.677. The van der Waals surface area contributed by atoms with E-state index in [0.717, 1.165) is 5.75 Å². The Morgan fingerprint density at radius 3 is 2.73 bits per heavy atom. The lowest BCUT2D eigenvalue weighted by atomic mass is 10.1. The molecule has 1 saturated heterocycles. The minimum Gasteiger partial charge on any atom is -0.493 e. The van der Waals surface area contributed by atoms with E-state index in [4.69, 9.17) is 14.2 Å². The summed E-state index contributed by atoms with van der Waals surface area (Å²) in [6.45, 7) is 7.28. The SMILES string of the molecule is CCOC(=O)C1CSCCN1C(=O)c1ccc(OCC(C)C)c(OC)c1. The van der Waals surface area contributed by atoms with Gasteiger partial charge in [0.05, 0.1) is 20.3 Å². The Labute approximate surface area is 159 Å². The molecule has 1 atom stereocenters. The molecule has 26 heavy (non-hydrogen) atoms. The van der Waals surface area contributed by atoms with Crippen molar-refractivity contribution in [3.63, 3.8) is 0 Å². The van der Waals surface area contributed by atoms with E-state index in [1.54, 1.807) is 48.9 Å². The topological polar surface area (TPSA) is 65.1 Å². The van der Waals surface area contributed by atoms with Crippen LogP contribution in [0.5, 0.6) is 11.5 Å². The molecule has 7 heteroatoms. The van der Waals surface area contributed by atoms with Gasteiger partial charge in [0, 0.05) is 23.6 Å². The molecule has 1 aliphatic rings. The second-order valence-electron chi connectivity index (χ2n) is 6.41. The molecule has 1 unspecified atom stereocenters. The van der Waals surface area contributed by atoms with E-state index >= 15 is 0 Å². The first-order valence-corrected chi connectivity index (χ1v) is 9.99. The van der Waals surface area contributed by atoms with Gasteiger partial charge in [0.25, 0.3) is 5.91 Å². The number of amides is 1. The summed E-state index contributed by atoms with van der Waals surface area (Å²) in [6, 6.07) is 4.57. The highest BCUT2D eigenvalue weighted by atomic mass is 32.2. The number of nitrogens with zero attached hydrogens (tertiary/aromatic N) is 1. The average Bonchev–Trinajstić information content (AvgIpc) is 2.65. The van der Waals surface area contributed by atoms with Crippen LogP contribution in [0.15, 0.2) is 18.2 Å². The van der Waals surface area contributed by atoms with Gasteiger partial charge >= 0.3 is 5.97 Å². The number of methoxy groups -OCH3 is 1. The van der Waals surface area contributed by atoms with Crippen LogP contribution < -0.4 is 9.47 Å². The molecule has 1 aromatic rings. The summed E-state index contributed by atoms with van der Waals surface area (Å²) >= 11 is 1.65. The molecule has 1 aromatic carbocycles. The van der Waals surface area contributed by atoms with Crippen LogP contribution in [0.4, 0.5) is 0 Å². The van der Waals surface area contributed by atoms with Gasteiger partial charge in [-0.05, 0) is 31.0 Å². The molecule has 0 N–H and O–H groups in total. The number of hydrogen-bond donors (Lipinski definition) is 0. The van der Waals surface area contributed by atoms with Gasteiger partial charge in [-0.2, -0.15) is 11.8 Å². The molecule has 6 nitrogen and oxygen atoms in total. The Kier molecular flexibility index (Phi) is 7.63. The Morgan fingerprint density at radius 1 is 1.31 bits per heavy atom. The summed E-state index contributed by atoms with van der Waals surface area (Å²) < 4.78 is 16.2. The van der Waals surface area contributed by atoms with E-state index in [9.17, 15) is 9.59 Å². The fraction of sp³-hybridized carbons (Fsp3) is 0.579. The van der Waals surface area contributed by atoms with E-state index in [1.807, 2.05) is 0 Å². The molecule has 2 rings (SSSR count). The maximum atomic E-state index is 13.0. The van der Waals surface area contributed by atoms with Crippen molar-refractivity contribution >= 4 is 23.6 Å². The first kappa shape index (κ1) is 20.4. The van der Waals surface area contributed by atoms with Gasteiger partial charge in [-0.3, -0.25) is 4.79 Å². The van der Waals surface area contributed by atoms with E-state index in [-0.39, 0.29) is 11.9 Å². The number of esters is 1. The second kappa shape index (κ2) is 9.71. The maximum absolute atomic E-state index is 13.0. The molecule has 0 aliphatic carbocycles. The zero-order valence-electron chi connectivity index (χ0n) is 15.8. The van der Waals surface area contributed by atoms with Crippen molar-refractivity contribution in [1.82, 2.24) is 4.90 Å². The maximum Gasteiger partial charge on any atom is 0.329 e. The van der Waals surface area contributed by atoms with Crippen LogP contribution in [0, 0.1) is 5.92 Å². The Bertz CT molecular complexity index is 634. The molecule has 0 aromatic heterocycles. The van der Waals surface area contributed by atoms with Crippen LogP contribution >= 0.6 is 11.8 Å². The lowest BCUT2D eigenvalue weighted by Crippen LogP contribution is -2.51. The molecule has 0 bridgehead atoms. The van der Waals surface area contributed by atoms with Gasteiger partial charge in [0.15, 0.2) is 11.5 Å². The number of carbonyl (C=O) groups is 2. The van der Waals surface area contributed by atoms with Crippen molar-refractivity contribution in [2.75, 3.05) is 38.4 Å². The lowest BCUT2D eigenvalue weighted by molar-refractivity contribution is -0.147. The van der Waals surface area contributed by atoms with Crippen molar-refractivity contribution in [1.29, 1.82) is 0 Å². The molecule has 1 fully saturated rings. The lowest BCUT2D eigenvalue weighted by Gasteiger charge is -2.33. The summed E-state index contributed by atoms with van der Waals surface area (Å²) in [6.07, 6.45) is 0. The highest BCUT2D eigenvalue weighted by Gasteiger charge is 2.34. The second-order valence-corrected chi connectivity index (χ2v) is 7.56. The molecule has 0 spiro atoms. The van der Waals surface area contributed by atoms with E-state index in [2.05, 4.69) is 13.8 Å². The molecule has 0 saturated carbocycles. The molecular weight excluding hydrogens is 354 g/mol. The third-order valence-corrected chi connectivity index (χ3v) is 4.95. The number of ether oxygens (including phenoxy) is 3. The largest absolute Gasteiger partial charge is 0.493 e. The summed E-state index contributed by atoms with van der Waals surface area (Å²) in [4.78, 5) is 26.8. The molecule has 1 amide bonds.